The van der Waals surface area contributed by atoms with Crippen LogP contribution in [0.1, 0.15) is 64.5 Å². The summed E-state index contributed by atoms with van der Waals surface area (Å²) in [7, 11) is 0. The van der Waals surface area contributed by atoms with Crippen molar-refractivity contribution < 1.29 is 9.94 Å². The highest BCUT2D eigenvalue weighted by Crippen LogP contribution is 2.43. The molecule has 1 aromatic heterocycles. The minimum Gasteiger partial charge on any atom is -0.285 e. The van der Waals surface area contributed by atoms with Crippen LogP contribution in [0.15, 0.2) is 101 Å². The highest BCUT2D eigenvalue weighted by molar-refractivity contribution is 7.99. The average molecular weight is 509 g/mol. The maximum atomic E-state index is 8.89. The van der Waals surface area contributed by atoms with Gasteiger partial charge in [0.1, 0.15) is 0 Å². The zero-order valence-electron chi connectivity index (χ0n) is 21.6. The lowest BCUT2D eigenvalue weighted by atomic mass is 9.87. The summed E-state index contributed by atoms with van der Waals surface area (Å²) in [6, 6.07) is 10.1. The van der Waals surface area contributed by atoms with Crippen LogP contribution in [0, 0.1) is 0 Å². The largest absolute Gasteiger partial charge is 0.285 e. The van der Waals surface area contributed by atoms with Crippen LogP contribution in [-0.4, -0.2) is 11.0 Å². The molecule has 0 saturated carbocycles. The summed E-state index contributed by atoms with van der Waals surface area (Å²) in [5.41, 5.74) is 9.45. The lowest BCUT2D eigenvalue weighted by Crippen LogP contribution is -2.27. The molecule has 3 rings (SSSR count). The summed E-state index contributed by atoms with van der Waals surface area (Å²) in [5, 5.41) is 9.70. The highest BCUT2D eigenvalue weighted by atomic mass is 35.5. The maximum absolute atomic E-state index is 8.89. The van der Waals surface area contributed by atoms with Crippen LogP contribution < -0.4 is 4.73 Å². The fourth-order valence-corrected chi connectivity index (χ4v) is 5.55. The monoisotopic (exact) mass is 508 g/mol. The first kappa shape index (κ1) is 28.7. The molecule has 0 aliphatic carbocycles. The normalized spacial score (nSPS) is 13.1. The molecule has 1 aliphatic rings. The molecular formula is C31H39ClNOS+. The van der Waals surface area contributed by atoms with Gasteiger partial charge in [0.25, 0.3) is 0 Å². The van der Waals surface area contributed by atoms with Gasteiger partial charge in [0, 0.05) is 32.5 Å². The van der Waals surface area contributed by atoms with Crippen LogP contribution in [-0.2, 0) is 6.42 Å². The predicted octanol–water partition coefficient (Wildman–Crippen LogP) is 9.19. The second kappa shape index (κ2) is 14.8. The van der Waals surface area contributed by atoms with Gasteiger partial charge in [-0.15, -0.1) is 11.8 Å². The first-order chi connectivity index (χ1) is 16.8. The molecule has 0 bridgehead atoms. The Kier molecular flexibility index (Phi) is 12.2. The van der Waals surface area contributed by atoms with Gasteiger partial charge in [-0.2, -0.15) is 0 Å². The van der Waals surface area contributed by atoms with Gasteiger partial charge < -0.3 is 0 Å². The summed E-state index contributed by atoms with van der Waals surface area (Å²) in [4.78, 5) is 1.29. The van der Waals surface area contributed by atoms with Crippen LogP contribution in [0.2, 0.25) is 5.02 Å². The Balaban J connectivity index is 0.000000328. The summed E-state index contributed by atoms with van der Waals surface area (Å²) in [6.07, 6.45) is 14.9. The Morgan fingerprint density at radius 1 is 1.14 bits per heavy atom. The van der Waals surface area contributed by atoms with E-state index in [-0.39, 0.29) is 0 Å². The molecule has 4 heteroatoms. The molecule has 0 atom stereocenters. The third-order valence-corrected chi connectivity index (χ3v) is 7.07. The lowest BCUT2D eigenvalue weighted by Gasteiger charge is -2.18. The molecule has 0 amide bonds. The Bertz CT molecular complexity index is 1100. The molecule has 0 radical (unpaired) electrons. The number of rotatable bonds is 8. The van der Waals surface area contributed by atoms with E-state index in [1.54, 1.807) is 18.0 Å². The molecule has 0 fully saturated rings. The number of hydrogen-bond donors (Lipinski definition) is 1. The number of aromatic nitrogens is 1. The van der Waals surface area contributed by atoms with Crippen molar-refractivity contribution in [1.82, 2.24) is 0 Å². The molecule has 2 heterocycles. The molecule has 2 nitrogen and oxygen atoms in total. The van der Waals surface area contributed by atoms with Gasteiger partial charge in [-0.05, 0) is 73.1 Å². The van der Waals surface area contributed by atoms with E-state index in [0.29, 0.717) is 0 Å². The predicted molar refractivity (Wildman–Crippen MR) is 153 cm³/mol. The molecule has 0 unspecified atom stereocenters. The molecule has 1 aliphatic heterocycles. The van der Waals surface area contributed by atoms with Gasteiger partial charge in [0.05, 0.1) is 0 Å². The maximum Gasteiger partial charge on any atom is 0.222 e. The minimum atomic E-state index is 0.816. The van der Waals surface area contributed by atoms with Crippen molar-refractivity contribution in [2.24, 2.45) is 0 Å². The Morgan fingerprint density at radius 2 is 1.80 bits per heavy atom. The van der Waals surface area contributed by atoms with E-state index < -0.39 is 0 Å². The fraction of sp³-hybridized carbons (Fsp3) is 0.323. The number of halogens is 1. The SMILES string of the molecule is C=C(C)Cc1cc[n+](O)cc1.C=C/C=C\C1=C(C)C(=C(CCC)CCC)c2ccc(Cl)cc2SC1. The highest BCUT2D eigenvalue weighted by Gasteiger charge is 2.20. The van der Waals surface area contributed by atoms with E-state index in [1.165, 1.54) is 45.6 Å². The molecule has 2 aromatic rings. The smallest absolute Gasteiger partial charge is 0.222 e. The van der Waals surface area contributed by atoms with E-state index in [1.807, 2.05) is 49.0 Å². The lowest BCUT2D eigenvalue weighted by molar-refractivity contribution is -0.904. The Labute approximate surface area is 221 Å². The molecule has 1 N–H and O–H groups in total. The Morgan fingerprint density at radius 3 is 2.37 bits per heavy atom. The van der Waals surface area contributed by atoms with Crippen LogP contribution in [0.4, 0.5) is 0 Å². The van der Waals surface area contributed by atoms with Gasteiger partial charge in [-0.25, -0.2) is 0 Å². The third-order valence-electron chi connectivity index (χ3n) is 5.73. The van der Waals surface area contributed by atoms with Gasteiger partial charge in [0.15, 0.2) is 0 Å². The van der Waals surface area contributed by atoms with E-state index in [0.717, 1.165) is 40.3 Å². The zero-order chi connectivity index (χ0) is 25.8. The summed E-state index contributed by atoms with van der Waals surface area (Å²) < 4.78 is 1.03. The standard InChI is InChI=1S/C22H27ClS.C9H12NO/c1-5-8-11-18-15-24-21-14-19(23)12-13-20(21)22(16(18)4)17(9-6-2)10-7-3;1-8(2)7-9-3-5-10(11)6-4-9/h5,8,11-14H,1,6-7,9-10,15H2,2-4H3;3-6,11H,1,7H2,2H3/q;+1/b11-8-;. The zero-order valence-corrected chi connectivity index (χ0v) is 23.2. The minimum absolute atomic E-state index is 0.816. The summed E-state index contributed by atoms with van der Waals surface area (Å²) in [6.45, 7) is 16.4. The van der Waals surface area contributed by atoms with Gasteiger partial charge in [-0.3, -0.25) is 5.21 Å². The van der Waals surface area contributed by atoms with Crippen LogP contribution in [0.3, 0.4) is 0 Å². The van der Waals surface area contributed by atoms with E-state index in [4.69, 9.17) is 16.8 Å². The summed E-state index contributed by atoms with van der Waals surface area (Å²) >= 11 is 8.15. The molecule has 0 spiro atoms. The van der Waals surface area contributed by atoms with Crippen molar-refractivity contribution in [1.29, 1.82) is 0 Å². The quantitative estimate of drug-likeness (QED) is 0.166. The Hall–Kier alpha value is -2.49. The van der Waals surface area contributed by atoms with Crippen molar-refractivity contribution in [3.63, 3.8) is 0 Å². The van der Waals surface area contributed by atoms with Gasteiger partial charge >= 0.3 is 0 Å². The molecule has 186 valence electrons. The number of pyridine rings is 1. The number of thioether (sulfide) groups is 1. The first-order valence-corrected chi connectivity index (χ1v) is 13.6. The number of benzene rings is 1. The van der Waals surface area contributed by atoms with Gasteiger partial charge in [-0.1, -0.05) is 86.9 Å². The van der Waals surface area contributed by atoms with Crippen LogP contribution in [0.25, 0.3) is 5.57 Å². The average Bonchev–Trinajstić information content (AvgIpc) is 2.95. The molecule has 0 saturated heterocycles. The van der Waals surface area contributed by atoms with E-state index >= 15 is 0 Å². The van der Waals surface area contributed by atoms with E-state index in [2.05, 4.69) is 52.1 Å². The van der Waals surface area contributed by atoms with Crippen molar-refractivity contribution in [3.8, 4) is 0 Å². The van der Waals surface area contributed by atoms with E-state index in [9.17, 15) is 0 Å². The second-order valence-corrected chi connectivity index (χ2v) is 10.3. The topological polar surface area (TPSA) is 24.1 Å². The van der Waals surface area contributed by atoms with Crippen LogP contribution >= 0.6 is 23.4 Å². The molecule has 1 aromatic carbocycles. The second-order valence-electron chi connectivity index (χ2n) is 8.87. The third kappa shape index (κ3) is 8.91. The van der Waals surface area contributed by atoms with Crippen molar-refractivity contribution >= 4 is 28.9 Å². The van der Waals surface area contributed by atoms with Gasteiger partial charge in [0.2, 0.25) is 12.4 Å². The molecular weight excluding hydrogens is 470 g/mol. The fourth-order valence-electron chi connectivity index (χ4n) is 4.16. The van der Waals surface area contributed by atoms with Crippen molar-refractivity contribution in [3.05, 3.63) is 113 Å². The summed E-state index contributed by atoms with van der Waals surface area (Å²) in [5.74, 6) is 0.971. The van der Waals surface area contributed by atoms with Crippen molar-refractivity contribution in [2.45, 2.75) is 64.7 Å². The first-order valence-electron chi connectivity index (χ1n) is 12.3. The number of allylic oxidation sites excluding steroid dienone is 7. The van der Waals surface area contributed by atoms with Crippen LogP contribution in [0.5, 0.6) is 0 Å². The number of hydrogen-bond acceptors (Lipinski definition) is 2. The number of fused-ring (bicyclic) bond motifs is 1. The van der Waals surface area contributed by atoms with Crippen molar-refractivity contribution in [2.75, 3.05) is 5.75 Å². The number of nitrogens with zero attached hydrogens (tertiary/aromatic N) is 1. The molecule has 35 heavy (non-hydrogen) atoms.